The zero-order valence-electron chi connectivity index (χ0n) is 23.8. The lowest BCUT2D eigenvalue weighted by Crippen LogP contribution is -2.39. The van der Waals surface area contributed by atoms with Crippen molar-refractivity contribution in [2.24, 2.45) is 0 Å². The maximum atomic E-state index is 13.2. The van der Waals surface area contributed by atoms with Crippen LogP contribution in [-0.2, 0) is 22.4 Å². The summed E-state index contributed by atoms with van der Waals surface area (Å²) in [7, 11) is 0. The molecule has 0 saturated carbocycles. The van der Waals surface area contributed by atoms with Crippen LogP contribution < -0.4 is 4.74 Å². The number of rotatable bonds is 14. The van der Waals surface area contributed by atoms with Crippen LogP contribution in [0.25, 0.3) is 10.4 Å². The lowest BCUT2D eigenvalue weighted by Gasteiger charge is -2.25. The van der Waals surface area contributed by atoms with Crippen LogP contribution in [0.15, 0.2) is 48.5 Å². The molecule has 0 radical (unpaired) electrons. The fourth-order valence-electron chi connectivity index (χ4n) is 4.42. The van der Waals surface area contributed by atoms with Gasteiger partial charge in [-0.3, -0.25) is 4.79 Å². The van der Waals surface area contributed by atoms with Crippen LogP contribution in [0.1, 0.15) is 91.7 Å². The Morgan fingerprint density at radius 3 is 2.29 bits per heavy atom. The fourth-order valence-corrected chi connectivity index (χ4v) is 5.64. The molecule has 204 valence electrons. The highest BCUT2D eigenvalue weighted by Crippen LogP contribution is 2.34. The van der Waals surface area contributed by atoms with E-state index in [1.165, 1.54) is 52.1 Å². The van der Waals surface area contributed by atoms with E-state index in [9.17, 15) is 9.59 Å². The number of carbonyl (C=O) groups is 2. The Labute approximate surface area is 232 Å². The Hall–Kier alpha value is -2.92. The second-order valence-corrected chi connectivity index (χ2v) is 11.6. The molecule has 3 aromatic rings. The van der Waals surface area contributed by atoms with Crippen molar-refractivity contribution in [3.8, 4) is 16.2 Å². The molecular weight excluding hydrogens is 492 g/mol. The van der Waals surface area contributed by atoms with Gasteiger partial charge in [0.1, 0.15) is 5.75 Å². The van der Waals surface area contributed by atoms with E-state index < -0.39 is 11.6 Å². The predicted molar refractivity (Wildman–Crippen MR) is 158 cm³/mol. The summed E-state index contributed by atoms with van der Waals surface area (Å²) < 4.78 is 11.1. The van der Waals surface area contributed by atoms with E-state index in [1.807, 2.05) is 24.3 Å². The molecule has 0 aliphatic carbocycles. The van der Waals surface area contributed by atoms with Gasteiger partial charge in [-0.05, 0) is 94.8 Å². The summed E-state index contributed by atoms with van der Waals surface area (Å²) in [5.41, 5.74) is 4.27. The van der Waals surface area contributed by atoms with E-state index in [1.54, 1.807) is 32.9 Å². The molecule has 1 heterocycles. The van der Waals surface area contributed by atoms with Gasteiger partial charge in [-0.1, -0.05) is 56.0 Å². The molecular formula is C33H42O4S. The van der Waals surface area contributed by atoms with E-state index >= 15 is 0 Å². The number of esters is 1. The third kappa shape index (κ3) is 8.04. The first-order chi connectivity index (χ1) is 18.1. The quantitative estimate of drug-likeness (QED) is 0.118. The van der Waals surface area contributed by atoms with Crippen molar-refractivity contribution >= 4 is 23.1 Å². The van der Waals surface area contributed by atoms with Gasteiger partial charge < -0.3 is 9.47 Å². The van der Waals surface area contributed by atoms with Crippen molar-refractivity contribution in [3.63, 3.8) is 0 Å². The second kappa shape index (κ2) is 13.7. The zero-order valence-corrected chi connectivity index (χ0v) is 24.6. The molecule has 3 rings (SSSR count). The molecule has 0 aliphatic heterocycles. The molecule has 0 amide bonds. The van der Waals surface area contributed by atoms with Crippen molar-refractivity contribution in [2.75, 3.05) is 6.61 Å². The number of hydrogen-bond acceptors (Lipinski definition) is 5. The highest BCUT2D eigenvalue weighted by molar-refractivity contribution is 7.15. The first-order valence-corrected chi connectivity index (χ1v) is 14.6. The summed E-state index contributed by atoms with van der Waals surface area (Å²) in [4.78, 5) is 28.0. The van der Waals surface area contributed by atoms with Crippen LogP contribution in [0, 0.1) is 13.8 Å². The zero-order chi connectivity index (χ0) is 27.7. The summed E-state index contributed by atoms with van der Waals surface area (Å²) in [5, 5.41) is 0. The van der Waals surface area contributed by atoms with Crippen molar-refractivity contribution in [3.05, 3.63) is 75.7 Å². The molecule has 0 aliphatic rings. The molecule has 4 nitrogen and oxygen atoms in total. The van der Waals surface area contributed by atoms with Crippen LogP contribution in [0.4, 0.5) is 0 Å². The maximum Gasteiger partial charge on any atom is 0.349 e. The number of Topliss-reactive ketones (excluding diaryl/α,β-unsaturated/α-hetero) is 1. The molecule has 1 aromatic heterocycles. The number of hydrogen-bond donors (Lipinski definition) is 0. The first kappa shape index (κ1) is 29.6. The van der Waals surface area contributed by atoms with Crippen LogP contribution >= 0.6 is 11.3 Å². The molecule has 0 saturated heterocycles. The average molecular weight is 535 g/mol. The van der Waals surface area contributed by atoms with Gasteiger partial charge in [-0.15, -0.1) is 11.3 Å². The van der Waals surface area contributed by atoms with Gasteiger partial charge in [0.05, 0.1) is 6.61 Å². The molecule has 0 atom stereocenters. The average Bonchev–Trinajstić information content (AvgIpc) is 3.29. The van der Waals surface area contributed by atoms with Gasteiger partial charge in [-0.2, -0.15) is 0 Å². The van der Waals surface area contributed by atoms with Crippen LogP contribution in [0.2, 0.25) is 0 Å². The highest BCUT2D eigenvalue weighted by atomic mass is 32.1. The van der Waals surface area contributed by atoms with E-state index in [2.05, 4.69) is 44.2 Å². The third-order valence-electron chi connectivity index (χ3n) is 6.74. The van der Waals surface area contributed by atoms with Crippen LogP contribution in [0.3, 0.4) is 0 Å². The van der Waals surface area contributed by atoms with Crippen molar-refractivity contribution in [2.45, 2.75) is 92.1 Å². The lowest BCUT2D eigenvalue weighted by molar-refractivity contribution is -0.158. The minimum atomic E-state index is -1.10. The Balaban J connectivity index is 1.71. The number of ether oxygens (including phenoxy) is 2. The molecule has 0 unspecified atom stereocenters. The Morgan fingerprint density at radius 1 is 0.895 bits per heavy atom. The second-order valence-electron chi connectivity index (χ2n) is 10.5. The third-order valence-corrected chi connectivity index (χ3v) is 8.03. The first-order valence-electron chi connectivity index (χ1n) is 13.8. The fraction of sp³-hybridized carbons (Fsp3) is 0.455. The topological polar surface area (TPSA) is 52.6 Å². The van der Waals surface area contributed by atoms with Gasteiger partial charge >= 0.3 is 5.97 Å². The molecule has 0 bridgehead atoms. The van der Waals surface area contributed by atoms with Crippen molar-refractivity contribution < 1.29 is 19.1 Å². The normalized spacial score (nSPS) is 11.4. The Kier molecular flexibility index (Phi) is 10.7. The highest BCUT2D eigenvalue weighted by Gasteiger charge is 2.32. The molecule has 5 heteroatoms. The Bertz CT molecular complexity index is 1220. The van der Waals surface area contributed by atoms with E-state index in [4.69, 9.17) is 9.47 Å². The van der Waals surface area contributed by atoms with Gasteiger partial charge in [0.2, 0.25) is 0 Å². The lowest BCUT2D eigenvalue weighted by atomic mass is 10.00. The molecule has 38 heavy (non-hydrogen) atoms. The minimum absolute atomic E-state index is 0.117. The number of thiophene rings is 1. The predicted octanol–water partition coefficient (Wildman–Crippen LogP) is 8.69. The summed E-state index contributed by atoms with van der Waals surface area (Å²) in [6, 6.07) is 16.5. The minimum Gasteiger partial charge on any atom is -0.476 e. The summed E-state index contributed by atoms with van der Waals surface area (Å²) in [5.74, 6) is 0.285. The number of benzene rings is 2. The summed E-state index contributed by atoms with van der Waals surface area (Å²) in [6.07, 6.45) is 7.18. The monoisotopic (exact) mass is 534 g/mol. The van der Waals surface area contributed by atoms with Crippen LogP contribution in [0.5, 0.6) is 5.75 Å². The smallest absolute Gasteiger partial charge is 0.349 e. The van der Waals surface area contributed by atoms with Crippen molar-refractivity contribution in [1.29, 1.82) is 0 Å². The number of ketones is 1. The van der Waals surface area contributed by atoms with Gasteiger partial charge in [0, 0.05) is 21.7 Å². The standard InChI is InChI=1S/C33H42O4S/c1-7-9-10-11-12-27-22-31(25-15-13-23(3)14-16-25)38-30(27)20-18-28(34)26-17-19-29(24(4)21-26)37-33(5,6)32(35)36-8-2/h13-17,19,21-22H,7-12,18,20H2,1-6H3. The van der Waals surface area contributed by atoms with Gasteiger partial charge in [-0.25, -0.2) is 4.79 Å². The summed E-state index contributed by atoms with van der Waals surface area (Å²) in [6.45, 7) is 11.7. The summed E-state index contributed by atoms with van der Waals surface area (Å²) >= 11 is 1.82. The maximum absolute atomic E-state index is 13.2. The molecule has 0 N–H and O–H groups in total. The van der Waals surface area contributed by atoms with E-state index in [0.29, 0.717) is 24.3 Å². The molecule has 0 fully saturated rings. The number of carbonyl (C=O) groups excluding carboxylic acids is 2. The van der Waals surface area contributed by atoms with Crippen LogP contribution in [-0.4, -0.2) is 24.0 Å². The molecule has 2 aromatic carbocycles. The van der Waals surface area contributed by atoms with Gasteiger partial charge in [0.15, 0.2) is 11.4 Å². The molecule has 0 spiro atoms. The van der Waals surface area contributed by atoms with E-state index in [0.717, 1.165) is 18.4 Å². The number of unbranched alkanes of at least 4 members (excludes halogenated alkanes) is 3. The Morgan fingerprint density at radius 2 is 1.63 bits per heavy atom. The largest absolute Gasteiger partial charge is 0.476 e. The SMILES string of the molecule is CCCCCCc1cc(-c2ccc(C)cc2)sc1CCC(=O)c1ccc(OC(C)(C)C(=O)OCC)c(C)c1. The number of aryl methyl sites for hydroxylation is 4. The van der Waals surface area contributed by atoms with Crippen molar-refractivity contribution in [1.82, 2.24) is 0 Å². The van der Waals surface area contributed by atoms with E-state index in [-0.39, 0.29) is 5.78 Å². The van der Waals surface area contributed by atoms with Gasteiger partial charge in [0.25, 0.3) is 0 Å².